The van der Waals surface area contributed by atoms with Crippen LogP contribution in [0.4, 0.5) is 12.9 Å². The molecule has 0 aliphatic rings. The van der Waals surface area contributed by atoms with E-state index in [4.69, 9.17) is 9.59 Å². The average Bonchev–Trinajstić information content (AvgIpc) is 1.33. The summed E-state index contributed by atoms with van der Waals surface area (Å²) >= 11 is 0. The molecule has 0 radical (unpaired) electrons. The van der Waals surface area contributed by atoms with Crippen LogP contribution in [0.3, 0.4) is 0 Å². The monoisotopic (exact) mass is 254 g/mol. The van der Waals surface area contributed by atoms with Gasteiger partial charge in [0.05, 0.1) is 0 Å². The Hall–Kier alpha value is 0.586. The van der Waals surface area contributed by atoms with Gasteiger partial charge in [-0.3, -0.25) is 12.9 Å². The maximum absolute atomic E-state index is 9.67. The summed E-state index contributed by atoms with van der Waals surface area (Å²) in [4.78, 5) is 16.2. The standard InChI is InChI=1S/CO2.BF3.Nd/c2-1-3;2-1(3)4;. The van der Waals surface area contributed by atoms with Crippen molar-refractivity contribution >= 4 is 13.7 Å². The minimum absolute atomic E-state index is 0. The van der Waals surface area contributed by atoms with Crippen LogP contribution in [0.2, 0.25) is 0 Å². The van der Waals surface area contributed by atoms with E-state index in [1.54, 1.807) is 0 Å². The summed E-state index contributed by atoms with van der Waals surface area (Å²) in [6.45, 7) is 0. The summed E-state index contributed by atoms with van der Waals surface area (Å²) in [5, 5.41) is 0. The van der Waals surface area contributed by atoms with Gasteiger partial charge in [0.1, 0.15) is 0 Å². The molecule has 7 heteroatoms. The molecular weight excluding hydrogens is 256 g/mol. The summed E-state index contributed by atoms with van der Waals surface area (Å²) in [7, 11) is -3.67. The Balaban J connectivity index is -0.0000000575. The van der Waals surface area contributed by atoms with Crippen LogP contribution in [0.1, 0.15) is 0 Å². The van der Waals surface area contributed by atoms with Gasteiger partial charge in [0, 0.05) is 40.8 Å². The Labute approximate surface area is 76.6 Å². The average molecular weight is 256 g/mol. The largest absolute Gasteiger partial charge is 0.762 e. The Bertz CT molecular complexity index is 59.5. The van der Waals surface area contributed by atoms with Gasteiger partial charge in [0.2, 0.25) is 0 Å². The zero-order valence-electron chi connectivity index (χ0n) is 3.53. The quantitative estimate of drug-likeness (QED) is 0.584. The van der Waals surface area contributed by atoms with Gasteiger partial charge in [0.25, 0.3) is 0 Å². The van der Waals surface area contributed by atoms with Crippen molar-refractivity contribution in [1.29, 1.82) is 0 Å². The molecule has 0 fully saturated rings. The molecule has 0 spiro atoms. The Morgan fingerprint density at radius 3 is 1.12 bits per heavy atom. The smallest absolute Gasteiger partial charge is 0.254 e. The first kappa shape index (κ1) is 15.8. The van der Waals surface area contributed by atoms with E-state index in [0.29, 0.717) is 0 Å². The second kappa shape index (κ2) is 15.6. The summed E-state index contributed by atoms with van der Waals surface area (Å²) in [5.41, 5.74) is 0. The van der Waals surface area contributed by atoms with Gasteiger partial charge in [-0.1, -0.05) is 0 Å². The SMILES string of the molecule is FB(F)F.O=C=O.[Nd]. The summed E-state index contributed by atoms with van der Waals surface area (Å²) < 4.78 is 29.0. The van der Waals surface area contributed by atoms with E-state index in [2.05, 4.69) is 0 Å². The van der Waals surface area contributed by atoms with Gasteiger partial charge < -0.3 is 0 Å². The van der Waals surface area contributed by atoms with Crippen molar-refractivity contribution in [2.24, 2.45) is 0 Å². The maximum atomic E-state index is 9.67. The third-order valence-electron chi connectivity index (χ3n) is 0. The molecule has 0 N–H and O–H groups in total. The van der Waals surface area contributed by atoms with Crippen molar-refractivity contribution < 1.29 is 63.4 Å². The predicted octanol–water partition coefficient (Wildman–Crippen LogP) is 0.296. The van der Waals surface area contributed by atoms with Crippen molar-refractivity contribution in [3.8, 4) is 0 Å². The van der Waals surface area contributed by atoms with Crippen molar-refractivity contribution in [3.63, 3.8) is 0 Å². The van der Waals surface area contributed by atoms with Crippen LogP contribution in [0.25, 0.3) is 0 Å². The summed E-state index contributed by atoms with van der Waals surface area (Å²) in [6.07, 6.45) is 0.250. The molecule has 44 valence electrons. The molecule has 0 saturated heterocycles. The van der Waals surface area contributed by atoms with E-state index in [1.165, 1.54) is 0 Å². The number of hydrogen-bond donors (Lipinski definition) is 0. The molecular formula is CBF3NdO2. The van der Waals surface area contributed by atoms with Gasteiger partial charge in [0.15, 0.2) is 0 Å². The normalized spacial score (nSPS) is 4.38. The second-order valence-corrected chi connectivity index (χ2v) is 0.331. The minimum Gasteiger partial charge on any atom is -0.254 e. The maximum Gasteiger partial charge on any atom is 0.762 e. The first-order chi connectivity index (χ1) is 3.15. The fourth-order valence-corrected chi connectivity index (χ4v) is 0. The number of halogens is 3. The molecule has 0 aliphatic carbocycles. The molecule has 0 rings (SSSR count). The van der Waals surface area contributed by atoms with Crippen LogP contribution in [0.5, 0.6) is 0 Å². The van der Waals surface area contributed by atoms with Crippen LogP contribution in [0, 0.1) is 40.8 Å². The van der Waals surface area contributed by atoms with Crippen molar-refractivity contribution in [3.05, 3.63) is 0 Å². The van der Waals surface area contributed by atoms with Crippen LogP contribution < -0.4 is 0 Å². The molecule has 0 bridgehead atoms. The molecule has 0 atom stereocenters. The topological polar surface area (TPSA) is 34.1 Å². The van der Waals surface area contributed by atoms with Gasteiger partial charge in [-0.05, 0) is 0 Å². The molecule has 0 amide bonds. The molecule has 0 unspecified atom stereocenters. The van der Waals surface area contributed by atoms with Gasteiger partial charge in [-0.15, -0.1) is 0 Å². The van der Waals surface area contributed by atoms with E-state index in [9.17, 15) is 12.9 Å². The molecule has 0 aromatic carbocycles. The van der Waals surface area contributed by atoms with Crippen LogP contribution in [0.15, 0.2) is 0 Å². The Kier molecular flexibility index (Phi) is 31.0. The van der Waals surface area contributed by atoms with Gasteiger partial charge in [-0.25, -0.2) is 0 Å². The van der Waals surface area contributed by atoms with Gasteiger partial charge in [-0.2, -0.15) is 9.59 Å². The molecule has 8 heavy (non-hydrogen) atoms. The van der Waals surface area contributed by atoms with Crippen molar-refractivity contribution in [2.75, 3.05) is 0 Å². The minimum atomic E-state index is -3.67. The first-order valence-electron chi connectivity index (χ1n) is 1.06. The van der Waals surface area contributed by atoms with Crippen LogP contribution in [-0.4, -0.2) is 13.7 Å². The summed E-state index contributed by atoms with van der Waals surface area (Å²) in [6, 6.07) is 0. The van der Waals surface area contributed by atoms with Crippen molar-refractivity contribution in [1.82, 2.24) is 0 Å². The summed E-state index contributed by atoms with van der Waals surface area (Å²) in [5.74, 6) is 0. The Morgan fingerprint density at radius 1 is 1.12 bits per heavy atom. The fraction of sp³-hybridized carbons (Fsp3) is 0. The van der Waals surface area contributed by atoms with E-state index < -0.39 is 7.54 Å². The molecule has 0 aromatic rings. The third-order valence-corrected chi connectivity index (χ3v) is 0. The van der Waals surface area contributed by atoms with Crippen LogP contribution >= 0.6 is 0 Å². The number of carbonyl (C=O) groups excluding carboxylic acids is 2. The first-order valence-corrected chi connectivity index (χ1v) is 1.06. The molecule has 0 aliphatic heterocycles. The van der Waals surface area contributed by atoms with Crippen LogP contribution in [-0.2, 0) is 9.59 Å². The number of rotatable bonds is 0. The van der Waals surface area contributed by atoms with E-state index in [-0.39, 0.29) is 47.0 Å². The molecule has 0 heterocycles. The van der Waals surface area contributed by atoms with Gasteiger partial charge >= 0.3 is 13.7 Å². The van der Waals surface area contributed by atoms with Crippen molar-refractivity contribution in [2.45, 2.75) is 0 Å². The fourth-order valence-electron chi connectivity index (χ4n) is 0. The third kappa shape index (κ3) is 599. The zero-order chi connectivity index (χ0) is 6.28. The molecule has 2 nitrogen and oxygen atoms in total. The molecule has 0 aromatic heterocycles. The van der Waals surface area contributed by atoms with E-state index >= 15 is 0 Å². The molecule has 0 saturated carbocycles. The Morgan fingerprint density at radius 2 is 1.12 bits per heavy atom. The predicted molar refractivity (Wildman–Crippen MR) is 14.1 cm³/mol. The zero-order valence-corrected chi connectivity index (χ0v) is 6.74. The second-order valence-electron chi connectivity index (χ2n) is 0.331. The number of hydrogen-bond acceptors (Lipinski definition) is 2. The van der Waals surface area contributed by atoms with E-state index in [1.807, 2.05) is 0 Å². The van der Waals surface area contributed by atoms with E-state index in [0.717, 1.165) is 0 Å².